The van der Waals surface area contributed by atoms with Gasteiger partial charge in [-0.3, -0.25) is 4.90 Å². The molecule has 2 heteroatoms. The standard InChI is InChI=1S/C16H36N2/c1-5-7-9-10-12-17-13-15-18(16(3)4)14-11-8-6-2/h16-17H,5-15H2,1-4H3. The zero-order chi connectivity index (χ0) is 13.6. The first kappa shape index (κ1) is 17.9. The third-order valence-corrected chi connectivity index (χ3v) is 3.56. The number of rotatable bonds is 13. The summed E-state index contributed by atoms with van der Waals surface area (Å²) < 4.78 is 0. The summed E-state index contributed by atoms with van der Waals surface area (Å²) in [6.07, 6.45) is 9.48. The van der Waals surface area contributed by atoms with Crippen LogP contribution in [0.1, 0.15) is 72.6 Å². The van der Waals surface area contributed by atoms with Gasteiger partial charge >= 0.3 is 0 Å². The molecule has 0 unspecified atom stereocenters. The Morgan fingerprint density at radius 2 is 1.44 bits per heavy atom. The van der Waals surface area contributed by atoms with E-state index in [1.165, 1.54) is 64.6 Å². The molecular weight excluding hydrogens is 220 g/mol. The molecule has 110 valence electrons. The lowest BCUT2D eigenvalue weighted by Crippen LogP contribution is -2.37. The molecule has 0 fully saturated rings. The lowest BCUT2D eigenvalue weighted by molar-refractivity contribution is 0.217. The van der Waals surface area contributed by atoms with Gasteiger partial charge in [-0.05, 0) is 39.8 Å². The van der Waals surface area contributed by atoms with Crippen LogP contribution in [0, 0.1) is 0 Å². The Morgan fingerprint density at radius 1 is 0.778 bits per heavy atom. The van der Waals surface area contributed by atoms with Gasteiger partial charge in [-0.25, -0.2) is 0 Å². The number of hydrogen-bond acceptors (Lipinski definition) is 2. The van der Waals surface area contributed by atoms with E-state index in [-0.39, 0.29) is 0 Å². The Hall–Kier alpha value is -0.0800. The maximum absolute atomic E-state index is 3.58. The minimum absolute atomic E-state index is 0.684. The second-order valence-corrected chi connectivity index (χ2v) is 5.65. The Balaban J connectivity index is 3.46. The first-order valence-electron chi connectivity index (χ1n) is 8.17. The van der Waals surface area contributed by atoms with Crippen LogP contribution in [0.4, 0.5) is 0 Å². The van der Waals surface area contributed by atoms with Crippen LogP contribution in [-0.4, -0.2) is 37.1 Å². The van der Waals surface area contributed by atoms with Gasteiger partial charge in [0.2, 0.25) is 0 Å². The molecule has 0 aromatic heterocycles. The van der Waals surface area contributed by atoms with Gasteiger partial charge in [0.15, 0.2) is 0 Å². The molecule has 0 spiro atoms. The highest BCUT2D eigenvalue weighted by molar-refractivity contribution is 4.64. The topological polar surface area (TPSA) is 15.3 Å². The van der Waals surface area contributed by atoms with Gasteiger partial charge < -0.3 is 5.32 Å². The van der Waals surface area contributed by atoms with Crippen LogP contribution in [0.15, 0.2) is 0 Å². The van der Waals surface area contributed by atoms with Crippen LogP contribution in [-0.2, 0) is 0 Å². The summed E-state index contributed by atoms with van der Waals surface area (Å²) in [4.78, 5) is 2.61. The summed E-state index contributed by atoms with van der Waals surface area (Å²) in [5.74, 6) is 0. The van der Waals surface area contributed by atoms with Crippen molar-refractivity contribution in [3.05, 3.63) is 0 Å². The second kappa shape index (κ2) is 13.4. The SMILES string of the molecule is CCCCCCNCCN(CCCCC)C(C)C. The molecule has 0 saturated carbocycles. The first-order chi connectivity index (χ1) is 8.72. The first-order valence-corrected chi connectivity index (χ1v) is 8.17. The zero-order valence-corrected chi connectivity index (χ0v) is 13.3. The zero-order valence-electron chi connectivity index (χ0n) is 13.3. The molecular formula is C16H36N2. The number of hydrogen-bond donors (Lipinski definition) is 1. The van der Waals surface area contributed by atoms with Crippen LogP contribution in [0.3, 0.4) is 0 Å². The van der Waals surface area contributed by atoms with Gasteiger partial charge in [0.25, 0.3) is 0 Å². The lowest BCUT2D eigenvalue weighted by Gasteiger charge is -2.26. The molecule has 0 aliphatic carbocycles. The van der Waals surface area contributed by atoms with E-state index in [0.29, 0.717) is 6.04 Å². The number of unbranched alkanes of at least 4 members (excludes halogenated alkanes) is 5. The molecule has 0 rings (SSSR count). The largest absolute Gasteiger partial charge is 0.315 e. The van der Waals surface area contributed by atoms with Gasteiger partial charge in [0.05, 0.1) is 0 Å². The third kappa shape index (κ3) is 11.0. The molecule has 0 radical (unpaired) electrons. The molecule has 18 heavy (non-hydrogen) atoms. The van der Waals surface area contributed by atoms with E-state index < -0.39 is 0 Å². The molecule has 0 heterocycles. The molecule has 0 aliphatic heterocycles. The summed E-state index contributed by atoms with van der Waals surface area (Å²) in [6.45, 7) is 14.0. The molecule has 0 aromatic carbocycles. The fourth-order valence-electron chi connectivity index (χ4n) is 2.22. The normalized spacial score (nSPS) is 11.7. The predicted octanol–water partition coefficient (Wildman–Crippen LogP) is 4.06. The summed E-state index contributed by atoms with van der Waals surface area (Å²) in [5, 5.41) is 3.58. The fourth-order valence-corrected chi connectivity index (χ4v) is 2.22. The second-order valence-electron chi connectivity index (χ2n) is 5.65. The monoisotopic (exact) mass is 256 g/mol. The van der Waals surface area contributed by atoms with Crippen molar-refractivity contribution in [1.82, 2.24) is 10.2 Å². The number of nitrogens with one attached hydrogen (secondary N) is 1. The summed E-state index contributed by atoms with van der Waals surface area (Å²) in [6, 6.07) is 0.684. The van der Waals surface area contributed by atoms with E-state index in [4.69, 9.17) is 0 Å². The van der Waals surface area contributed by atoms with Crippen LogP contribution in [0.25, 0.3) is 0 Å². The fraction of sp³-hybridized carbons (Fsp3) is 1.00. The molecule has 0 atom stereocenters. The van der Waals surface area contributed by atoms with Crippen molar-refractivity contribution in [3.8, 4) is 0 Å². The van der Waals surface area contributed by atoms with Crippen LogP contribution < -0.4 is 5.32 Å². The van der Waals surface area contributed by atoms with Crippen molar-refractivity contribution in [2.75, 3.05) is 26.2 Å². The van der Waals surface area contributed by atoms with Gasteiger partial charge in [-0.2, -0.15) is 0 Å². The summed E-state index contributed by atoms with van der Waals surface area (Å²) in [7, 11) is 0. The minimum atomic E-state index is 0.684. The molecule has 2 nitrogen and oxygen atoms in total. The summed E-state index contributed by atoms with van der Waals surface area (Å²) >= 11 is 0. The molecule has 0 bridgehead atoms. The molecule has 1 N–H and O–H groups in total. The van der Waals surface area contributed by atoms with Crippen LogP contribution >= 0.6 is 0 Å². The van der Waals surface area contributed by atoms with Gasteiger partial charge in [-0.1, -0.05) is 46.0 Å². The Labute approximate surface area is 116 Å². The molecule has 0 amide bonds. The van der Waals surface area contributed by atoms with E-state index in [2.05, 4.69) is 37.9 Å². The van der Waals surface area contributed by atoms with E-state index in [1.54, 1.807) is 0 Å². The van der Waals surface area contributed by atoms with E-state index in [9.17, 15) is 0 Å². The summed E-state index contributed by atoms with van der Waals surface area (Å²) in [5.41, 5.74) is 0. The van der Waals surface area contributed by atoms with E-state index in [0.717, 1.165) is 6.54 Å². The highest BCUT2D eigenvalue weighted by Crippen LogP contribution is 2.02. The average Bonchev–Trinajstić information content (AvgIpc) is 2.35. The number of nitrogens with zero attached hydrogens (tertiary/aromatic N) is 1. The Morgan fingerprint density at radius 3 is 2.06 bits per heavy atom. The van der Waals surface area contributed by atoms with Crippen molar-refractivity contribution in [2.45, 2.75) is 78.7 Å². The molecule has 0 aliphatic rings. The van der Waals surface area contributed by atoms with Crippen molar-refractivity contribution in [2.24, 2.45) is 0 Å². The maximum Gasteiger partial charge on any atom is 0.0110 e. The van der Waals surface area contributed by atoms with Crippen LogP contribution in [0.2, 0.25) is 0 Å². The Bertz CT molecular complexity index is 157. The maximum atomic E-state index is 3.58. The van der Waals surface area contributed by atoms with Crippen molar-refractivity contribution >= 4 is 0 Å². The predicted molar refractivity (Wildman–Crippen MR) is 83.2 cm³/mol. The van der Waals surface area contributed by atoms with Crippen LogP contribution in [0.5, 0.6) is 0 Å². The highest BCUT2D eigenvalue weighted by Gasteiger charge is 2.07. The van der Waals surface area contributed by atoms with Crippen molar-refractivity contribution < 1.29 is 0 Å². The van der Waals surface area contributed by atoms with Gasteiger partial charge in [0.1, 0.15) is 0 Å². The molecule has 0 aromatic rings. The average molecular weight is 256 g/mol. The van der Waals surface area contributed by atoms with Crippen molar-refractivity contribution in [3.63, 3.8) is 0 Å². The van der Waals surface area contributed by atoms with Gasteiger partial charge in [-0.15, -0.1) is 0 Å². The Kier molecular flexibility index (Phi) is 13.3. The van der Waals surface area contributed by atoms with Gasteiger partial charge in [0, 0.05) is 19.1 Å². The van der Waals surface area contributed by atoms with E-state index >= 15 is 0 Å². The quantitative estimate of drug-likeness (QED) is 0.500. The smallest absolute Gasteiger partial charge is 0.0110 e. The third-order valence-electron chi connectivity index (χ3n) is 3.56. The highest BCUT2D eigenvalue weighted by atomic mass is 15.2. The van der Waals surface area contributed by atoms with E-state index in [1.807, 2.05) is 0 Å². The minimum Gasteiger partial charge on any atom is -0.315 e. The lowest BCUT2D eigenvalue weighted by atomic mass is 10.2. The van der Waals surface area contributed by atoms with Crippen molar-refractivity contribution in [1.29, 1.82) is 0 Å². The molecule has 0 saturated heterocycles.